The van der Waals surface area contributed by atoms with Gasteiger partial charge in [0, 0.05) is 32.9 Å². The summed E-state index contributed by atoms with van der Waals surface area (Å²) >= 11 is 0. The summed E-state index contributed by atoms with van der Waals surface area (Å²) in [7, 11) is 0. The van der Waals surface area contributed by atoms with Gasteiger partial charge in [0.2, 0.25) is 5.71 Å². The van der Waals surface area contributed by atoms with Gasteiger partial charge in [-0.05, 0) is 35.7 Å². The van der Waals surface area contributed by atoms with Crippen LogP contribution in [0.4, 0.5) is 0 Å². The van der Waals surface area contributed by atoms with Gasteiger partial charge in [-0.1, -0.05) is 68.4 Å². The molecule has 0 aliphatic heterocycles. The second-order valence-corrected chi connectivity index (χ2v) is 7.75. The van der Waals surface area contributed by atoms with Gasteiger partial charge in [-0.2, -0.15) is 0 Å². The third kappa shape index (κ3) is 2.82. The molecule has 0 bridgehead atoms. The number of furan rings is 1. The fourth-order valence-corrected chi connectivity index (χ4v) is 4.08. The standard InChI is InChI=1S/C26H22N2O/c1-17-13-14-21(27-15-17)20-16-28-25-23(19-11-7-8-12-22(19)29-25)24(20)26(2,3)18-9-5-4-6-10-18/h4-16H,1-3H3/i1D3. The minimum atomic E-state index is -2.19. The maximum absolute atomic E-state index is 7.65. The molecule has 0 unspecified atom stereocenters. The molecule has 5 aromatic rings. The van der Waals surface area contributed by atoms with Crippen LogP contribution < -0.4 is 0 Å². The lowest BCUT2D eigenvalue weighted by Gasteiger charge is -2.29. The lowest BCUT2D eigenvalue weighted by atomic mass is 9.74. The summed E-state index contributed by atoms with van der Waals surface area (Å²) < 4.78 is 29.0. The van der Waals surface area contributed by atoms with Crippen LogP contribution in [0.25, 0.3) is 33.3 Å². The molecule has 3 heterocycles. The van der Waals surface area contributed by atoms with Crippen molar-refractivity contribution in [2.24, 2.45) is 0 Å². The van der Waals surface area contributed by atoms with E-state index in [4.69, 9.17) is 8.53 Å². The zero-order valence-electron chi connectivity index (χ0n) is 19.3. The van der Waals surface area contributed by atoms with E-state index in [-0.39, 0.29) is 5.56 Å². The molecule has 0 saturated heterocycles. The summed E-state index contributed by atoms with van der Waals surface area (Å²) in [5.41, 5.74) is 4.91. The van der Waals surface area contributed by atoms with Crippen molar-refractivity contribution in [2.45, 2.75) is 26.1 Å². The third-order valence-corrected chi connectivity index (χ3v) is 5.57. The second kappa shape index (κ2) is 6.56. The van der Waals surface area contributed by atoms with Gasteiger partial charge >= 0.3 is 0 Å². The van der Waals surface area contributed by atoms with Gasteiger partial charge < -0.3 is 4.42 Å². The molecular weight excluding hydrogens is 356 g/mol. The molecule has 0 aliphatic rings. The molecule has 0 radical (unpaired) electrons. The number of aryl methyl sites for hydroxylation is 1. The number of aromatic nitrogens is 2. The van der Waals surface area contributed by atoms with Gasteiger partial charge in [0.25, 0.3) is 0 Å². The Labute approximate surface area is 174 Å². The van der Waals surface area contributed by atoms with Crippen LogP contribution in [-0.4, -0.2) is 9.97 Å². The first-order valence-electron chi connectivity index (χ1n) is 11.1. The number of para-hydroxylation sites is 1. The maximum Gasteiger partial charge on any atom is 0.227 e. The van der Waals surface area contributed by atoms with Crippen molar-refractivity contribution in [3.63, 3.8) is 0 Å². The van der Waals surface area contributed by atoms with E-state index >= 15 is 0 Å². The minimum Gasteiger partial charge on any atom is -0.438 e. The van der Waals surface area contributed by atoms with E-state index in [1.54, 1.807) is 18.3 Å². The molecule has 5 rings (SSSR count). The molecule has 2 aromatic carbocycles. The second-order valence-electron chi connectivity index (χ2n) is 7.75. The molecule has 142 valence electrons. The van der Waals surface area contributed by atoms with Crippen molar-refractivity contribution >= 4 is 22.1 Å². The Morgan fingerprint density at radius 2 is 1.66 bits per heavy atom. The Morgan fingerprint density at radius 3 is 2.41 bits per heavy atom. The van der Waals surface area contributed by atoms with E-state index in [1.165, 1.54) is 6.20 Å². The molecule has 0 spiro atoms. The molecule has 3 nitrogen and oxygen atoms in total. The first-order chi connectivity index (χ1) is 15.3. The summed E-state index contributed by atoms with van der Waals surface area (Å²) in [5.74, 6) is 0. The highest BCUT2D eigenvalue weighted by molar-refractivity contribution is 6.08. The highest BCUT2D eigenvalue weighted by Gasteiger charge is 2.31. The van der Waals surface area contributed by atoms with Crippen LogP contribution in [0.2, 0.25) is 0 Å². The van der Waals surface area contributed by atoms with Crippen molar-refractivity contribution in [3.8, 4) is 11.3 Å². The van der Waals surface area contributed by atoms with Crippen molar-refractivity contribution in [3.05, 3.63) is 95.8 Å². The number of fused-ring (bicyclic) bond motifs is 3. The summed E-state index contributed by atoms with van der Waals surface area (Å²) in [6.07, 6.45) is 3.21. The molecule has 0 N–H and O–H groups in total. The quantitative estimate of drug-likeness (QED) is 0.350. The van der Waals surface area contributed by atoms with Gasteiger partial charge in [-0.25, -0.2) is 4.98 Å². The van der Waals surface area contributed by atoms with E-state index in [0.717, 1.165) is 33.0 Å². The minimum absolute atomic E-state index is 0.216. The van der Waals surface area contributed by atoms with Gasteiger partial charge in [-0.3, -0.25) is 4.98 Å². The monoisotopic (exact) mass is 381 g/mol. The Balaban J connectivity index is 1.84. The van der Waals surface area contributed by atoms with E-state index in [0.29, 0.717) is 11.4 Å². The van der Waals surface area contributed by atoms with Crippen LogP contribution in [-0.2, 0) is 5.41 Å². The lowest BCUT2D eigenvalue weighted by Crippen LogP contribution is -2.21. The predicted octanol–water partition coefficient (Wildman–Crippen LogP) is 6.68. The van der Waals surface area contributed by atoms with Gasteiger partial charge in [-0.15, -0.1) is 0 Å². The smallest absolute Gasteiger partial charge is 0.227 e. The first-order valence-corrected chi connectivity index (χ1v) is 9.60. The van der Waals surface area contributed by atoms with Crippen molar-refractivity contribution in [1.29, 1.82) is 0 Å². The van der Waals surface area contributed by atoms with E-state index in [2.05, 4.69) is 35.9 Å². The largest absolute Gasteiger partial charge is 0.438 e. The molecule has 0 amide bonds. The van der Waals surface area contributed by atoms with Crippen molar-refractivity contribution in [1.82, 2.24) is 9.97 Å². The molecule has 0 saturated carbocycles. The van der Waals surface area contributed by atoms with Gasteiger partial charge in [0.1, 0.15) is 5.58 Å². The number of rotatable bonds is 3. The number of nitrogens with zero attached hydrogens (tertiary/aromatic N) is 2. The van der Waals surface area contributed by atoms with Crippen molar-refractivity contribution < 1.29 is 8.53 Å². The molecule has 0 atom stereocenters. The van der Waals surface area contributed by atoms with Gasteiger partial charge in [0.05, 0.1) is 11.1 Å². The van der Waals surface area contributed by atoms with Gasteiger partial charge in [0.15, 0.2) is 0 Å². The Bertz CT molecular complexity index is 1420. The summed E-state index contributed by atoms with van der Waals surface area (Å²) in [6, 6.07) is 21.6. The number of pyridine rings is 2. The molecule has 3 aromatic heterocycles. The number of benzene rings is 2. The highest BCUT2D eigenvalue weighted by atomic mass is 16.3. The molecule has 3 heteroatoms. The third-order valence-electron chi connectivity index (χ3n) is 5.57. The molecule has 0 fully saturated rings. The van der Waals surface area contributed by atoms with Crippen LogP contribution in [0.1, 0.15) is 34.7 Å². The number of hydrogen-bond acceptors (Lipinski definition) is 3. The average Bonchev–Trinajstić information content (AvgIpc) is 3.17. The zero-order valence-corrected chi connectivity index (χ0v) is 16.3. The van der Waals surface area contributed by atoms with Crippen LogP contribution in [0.3, 0.4) is 0 Å². The van der Waals surface area contributed by atoms with E-state index in [1.807, 2.05) is 42.5 Å². The van der Waals surface area contributed by atoms with Crippen LogP contribution >= 0.6 is 0 Å². The Kier molecular flexibility index (Phi) is 3.28. The number of hydrogen-bond donors (Lipinski definition) is 0. The molecular formula is C26H22N2O. The van der Waals surface area contributed by atoms with E-state index in [9.17, 15) is 0 Å². The average molecular weight is 381 g/mol. The topological polar surface area (TPSA) is 38.9 Å². The molecule has 29 heavy (non-hydrogen) atoms. The summed E-state index contributed by atoms with van der Waals surface area (Å²) in [6.45, 7) is 2.17. The fraction of sp³-hybridized carbons (Fsp3) is 0.154. The molecule has 0 aliphatic carbocycles. The Hall–Kier alpha value is -3.46. The van der Waals surface area contributed by atoms with E-state index < -0.39 is 12.3 Å². The van der Waals surface area contributed by atoms with Crippen LogP contribution in [0.5, 0.6) is 0 Å². The highest BCUT2D eigenvalue weighted by Crippen LogP contribution is 2.44. The normalized spacial score (nSPS) is 13.9. The summed E-state index contributed by atoms with van der Waals surface area (Å²) in [5, 5.41) is 1.95. The van der Waals surface area contributed by atoms with Crippen LogP contribution in [0.15, 0.2) is 83.5 Å². The SMILES string of the molecule is [2H]C([2H])([2H])c1ccc(-c2cnc3oc4ccccc4c3c2C(C)(C)c2ccccc2)nc1. The first kappa shape index (κ1) is 14.5. The zero-order chi connectivity index (χ0) is 22.5. The fourth-order valence-electron chi connectivity index (χ4n) is 4.08. The predicted molar refractivity (Wildman–Crippen MR) is 118 cm³/mol. The Morgan fingerprint density at radius 1 is 0.862 bits per heavy atom. The summed E-state index contributed by atoms with van der Waals surface area (Å²) in [4.78, 5) is 9.14. The maximum atomic E-state index is 7.65. The van der Waals surface area contributed by atoms with Crippen molar-refractivity contribution in [2.75, 3.05) is 0 Å². The van der Waals surface area contributed by atoms with Crippen LogP contribution in [0, 0.1) is 6.85 Å². The lowest BCUT2D eigenvalue weighted by molar-refractivity contribution is 0.637.